The summed E-state index contributed by atoms with van der Waals surface area (Å²) in [5.74, 6) is -1.05. The van der Waals surface area contributed by atoms with Crippen LogP contribution in [0.25, 0.3) is 0 Å². The second-order valence-electron chi connectivity index (χ2n) is 9.03. The van der Waals surface area contributed by atoms with E-state index in [4.69, 9.17) is 14.3 Å². The zero-order chi connectivity index (χ0) is 25.8. The largest absolute Gasteiger partial charge is 0.490 e. The number of carboxylic acid groups (broad SMARTS) is 1. The normalized spacial score (nSPS) is 17.2. The SMILES string of the molecule is Cc1cc(C(=O)N2CCC3(CCN(C(=O)Cc4cccnc4)CC3)C2)c(C)o1.O=C(O)C(F)(F)F. The van der Waals surface area contributed by atoms with Gasteiger partial charge in [-0.1, -0.05) is 6.07 Å². The van der Waals surface area contributed by atoms with Crippen molar-refractivity contribution in [2.45, 2.75) is 45.7 Å². The van der Waals surface area contributed by atoms with E-state index in [1.54, 1.807) is 12.4 Å². The van der Waals surface area contributed by atoms with Crippen molar-refractivity contribution in [2.24, 2.45) is 5.41 Å². The monoisotopic (exact) mass is 495 g/mol. The molecule has 0 bridgehead atoms. The maximum atomic E-state index is 12.9. The number of rotatable bonds is 3. The number of carbonyl (C=O) groups excluding carboxylic acids is 2. The summed E-state index contributed by atoms with van der Waals surface area (Å²) in [5, 5.41) is 7.12. The number of carbonyl (C=O) groups is 3. The van der Waals surface area contributed by atoms with E-state index in [9.17, 15) is 22.8 Å². The minimum absolute atomic E-state index is 0.0707. The lowest BCUT2D eigenvalue weighted by atomic mass is 9.77. The van der Waals surface area contributed by atoms with Crippen molar-refractivity contribution < 1.29 is 37.1 Å². The van der Waals surface area contributed by atoms with Crippen LogP contribution in [0, 0.1) is 19.3 Å². The Labute approximate surface area is 200 Å². The van der Waals surface area contributed by atoms with Crippen molar-refractivity contribution in [1.82, 2.24) is 14.8 Å². The fourth-order valence-corrected chi connectivity index (χ4v) is 4.55. The van der Waals surface area contributed by atoms with E-state index in [1.807, 2.05) is 41.8 Å². The molecule has 2 fully saturated rings. The van der Waals surface area contributed by atoms with Gasteiger partial charge in [0.05, 0.1) is 12.0 Å². The van der Waals surface area contributed by atoms with Crippen LogP contribution < -0.4 is 0 Å². The van der Waals surface area contributed by atoms with Gasteiger partial charge >= 0.3 is 12.1 Å². The van der Waals surface area contributed by atoms with E-state index in [0.29, 0.717) is 17.7 Å². The number of halogens is 3. The first kappa shape index (κ1) is 26.2. The molecule has 1 N–H and O–H groups in total. The average molecular weight is 495 g/mol. The molecule has 0 unspecified atom stereocenters. The fourth-order valence-electron chi connectivity index (χ4n) is 4.55. The van der Waals surface area contributed by atoms with Crippen molar-refractivity contribution in [2.75, 3.05) is 26.2 Å². The van der Waals surface area contributed by atoms with Gasteiger partial charge in [-0.2, -0.15) is 13.2 Å². The number of furan rings is 1. The number of alkyl halides is 3. The molecule has 8 nitrogen and oxygen atoms in total. The summed E-state index contributed by atoms with van der Waals surface area (Å²) in [7, 11) is 0. The molecule has 2 aliphatic heterocycles. The zero-order valence-electron chi connectivity index (χ0n) is 19.6. The number of piperidine rings is 1. The second kappa shape index (κ2) is 10.5. The summed E-state index contributed by atoms with van der Waals surface area (Å²) in [5.41, 5.74) is 1.78. The number of pyridine rings is 1. The van der Waals surface area contributed by atoms with Gasteiger partial charge in [0.15, 0.2) is 0 Å². The first-order valence-electron chi connectivity index (χ1n) is 11.2. The Morgan fingerprint density at radius 3 is 2.20 bits per heavy atom. The number of aliphatic carboxylic acids is 1. The number of aromatic nitrogens is 1. The average Bonchev–Trinajstić information content (AvgIpc) is 3.36. The quantitative estimate of drug-likeness (QED) is 0.698. The van der Waals surface area contributed by atoms with Crippen molar-refractivity contribution >= 4 is 17.8 Å². The number of hydrogen-bond acceptors (Lipinski definition) is 5. The van der Waals surface area contributed by atoms with Crippen molar-refractivity contribution in [3.8, 4) is 0 Å². The van der Waals surface area contributed by atoms with Gasteiger partial charge in [-0.25, -0.2) is 4.79 Å². The van der Waals surface area contributed by atoms with E-state index in [0.717, 1.165) is 56.8 Å². The Balaban J connectivity index is 0.000000429. The third-order valence-corrected chi connectivity index (χ3v) is 6.49. The van der Waals surface area contributed by atoms with Crippen molar-refractivity contribution in [3.63, 3.8) is 0 Å². The molecule has 0 aliphatic carbocycles. The second-order valence-corrected chi connectivity index (χ2v) is 9.03. The molecule has 4 rings (SSSR count). The van der Waals surface area contributed by atoms with Crippen LogP contribution in [0.15, 0.2) is 35.0 Å². The molecule has 190 valence electrons. The molecule has 2 amide bonds. The van der Waals surface area contributed by atoms with Crippen LogP contribution in [0.1, 0.15) is 46.7 Å². The van der Waals surface area contributed by atoms with Gasteiger partial charge in [-0.05, 0) is 56.2 Å². The minimum atomic E-state index is -5.08. The van der Waals surface area contributed by atoms with Crippen LogP contribution in [-0.2, 0) is 16.0 Å². The van der Waals surface area contributed by atoms with Crippen LogP contribution in [0.3, 0.4) is 0 Å². The first-order valence-corrected chi connectivity index (χ1v) is 11.2. The summed E-state index contributed by atoms with van der Waals surface area (Å²) in [6, 6.07) is 5.64. The highest BCUT2D eigenvalue weighted by molar-refractivity contribution is 5.95. The third-order valence-electron chi connectivity index (χ3n) is 6.49. The van der Waals surface area contributed by atoms with E-state index in [-0.39, 0.29) is 17.2 Å². The lowest BCUT2D eigenvalue weighted by Gasteiger charge is -2.39. The van der Waals surface area contributed by atoms with E-state index in [2.05, 4.69) is 4.98 Å². The molecule has 2 saturated heterocycles. The molecule has 0 aromatic carbocycles. The Bertz CT molecular complexity index is 1060. The lowest BCUT2D eigenvalue weighted by molar-refractivity contribution is -0.192. The number of hydrogen-bond donors (Lipinski definition) is 1. The number of likely N-dealkylation sites (tertiary alicyclic amines) is 2. The van der Waals surface area contributed by atoms with Crippen LogP contribution in [0.4, 0.5) is 13.2 Å². The van der Waals surface area contributed by atoms with E-state index >= 15 is 0 Å². The fraction of sp³-hybridized carbons (Fsp3) is 0.500. The smallest absolute Gasteiger partial charge is 0.475 e. The predicted molar refractivity (Wildman–Crippen MR) is 119 cm³/mol. The number of nitrogens with zero attached hydrogens (tertiary/aromatic N) is 3. The molecule has 0 atom stereocenters. The van der Waals surface area contributed by atoms with Crippen LogP contribution in [0.5, 0.6) is 0 Å². The van der Waals surface area contributed by atoms with Gasteiger partial charge in [0.25, 0.3) is 5.91 Å². The van der Waals surface area contributed by atoms with Crippen LogP contribution >= 0.6 is 0 Å². The van der Waals surface area contributed by atoms with Gasteiger partial charge < -0.3 is 19.3 Å². The van der Waals surface area contributed by atoms with Gasteiger partial charge in [-0.15, -0.1) is 0 Å². The molecule has 2 aromatic heterocycles. The molecule has 2 aromatic rings. The van der Waals surface area contributed by atoms with Gasteiger partial charge in [0, 0.05) is 38.6 Å². The number of aryl methyl sites for hydroxylation is 2. The highest BCUT2D eigenvalue weighted by atomic mass is 19.4. The van der Waals surface area contributed by atoms with E-state index in [1.165, 1.54) is 0 Å². The minimum Gasteiger partial charge on any atom is -0.475 e. The van der Waals surface area contributed by atoms with Gasteiger partial charge in [-0.3, -0.25) is 14.6 Å². The molecule has 0 saturated carbocycles. The summed E-state index contributed by atoms with van der Waals surface area (Å²) in [4.78, 5) is 42.4. The van der Waals surface area contributed by atoms with Gasteiger partial charge in [0.2, 0.25) is 5.91 Å². The Morgan fingerprint density at radius 2 is 1.71 bits per heavy atom. The van der Waals surface area contributed by atoms with Crippen LogP contribution in [-0.4, -0.2) is 70.0 Å². The summed E-state index contributed by atoms with van der Waals surface area (Å²) in [6.07, 6.45) is 1.73. The molecule has 11 heteroatoms. The molecular weight excluding hydrogens is 467 g/mol. The molecule has 1 spiro atoms. The Hall–Kier alpha value is -3.37. The maximum Gasteiger partial charge on any atom is 0.490 e. The van der Waals surface area contributed by atoms with Crippen LogP contribution in [0.2, 0.25) is 0 Å². The summed E-state index contributed by atoms with van der Waals surface area (Å²) in [6.45, 7) is 6.81. The van der Waals surface area contributed by atoms with Gasteiger partial charge in [0.1, 0.15) is 11.5 Å². The van der Waals surface area contributed by atoms with E-state index < -0.39 is 12.1 Å². The highest BCUT2D eigenvalue weighted by Crippen LogP contribution is 2.41. The highest BCUT2D eigenvalue weighted by Gasteiger charge is 2.43. The van der Waals surface area contributed by atoms with Crippen molar-refractivity contribution in [3.05, 3.63) is 53.2 Å². The number of amides is 2. The Morgan fingerprint density at radius 1 is 1.11 bits per heavy atom. The standard InChI is InChI=1S/C22H27N3O3.C2HF3O2/c1-16-12-19(17(2)28-16)21(27)25-11-7-22(15-25)5-9-24(10-6-22)20(26)13-18-4-3-8-23-14-18;3-2(4,5)1(6)7/h3-4,8,12,14H,5-7,9-11,13,15H2,1-2H3;(H,6,7). The summed E-state index contributed by atoms with van der Waals surface area (Å²) >= 11 is 0. The third kappa shape index (κ3) is 6.61. The topological polar surface area (TPSA) is 104 Å². The number of carboxylic acids is 1. The van der Waals surface area contributed by atoms with Crippen molar-refractivity contribution in [1.29, 1.82) is 0 Å². The molecule has 35 heavy (non-hydrogen) atoms. The molecule has 4 heterocycles. The maximum absolute atomic E-state index is 12.9. The molecule has 2 aliphatic rings. The first-order chi connectivity index (χ1) is 16.4. The molecular formula is C24H28F3N3O5. The Kier molecular flexibility index (Phi) is 7.86. The zero-order valence-corrected chi connectivity index (χ0v) is 19.6. The molecule has 0 radical (unpaired) electrons. The summed E-state index contributed by atoms with van der Waals surface area (Å²) < 4.78 is 37.3. The lowest BCUT2D eigenvalue weighted by Crippen LogP contribution is -2.45. The predicted octanol–water partition coefficient (Wildman–Crippen LogP) is 3.62.